The second-order valence-corrected chi connectivity index (χ2v) is 6.77. The highest BCUT2D eigenvalue weighted by molar-refractivity contribution is 9.10. The van der Waals surface area contributed by atoms with E-state index in [1.54, 1.807) is 11.1 Å². The van der Waals surface area contributed by atoms with Gasteiger partial charge in [-0.05, 0) is 47.3 Å². The molecule has 22 heavy (non-hydrogen) atoms. The molecule has 2 N–H and O–H groups in total. The van der Waals surface area contributed by atoms with Gasteiger partial charge in [0, 0.05) is 23.8 Å². The normalized spacial score (nSPS) is 23.0. The standard InChI is InChI=1S/C15H20BrN3O3/c1-9-5-11(14(20)21)8-19(7-9)15(22)18-10(2)13-4-3-12(16)6-17-13/h3-4,6,9-11H,5,7-8H2,1-2H3,(H,18,22)(H,20,21). The minimum atomic E-state index is -0.841. The summed E-state index contributed by atoms with van der Waals surface area (Å²) in [5.41, 5.74) is 0.761. The molecule has 0 bridgehead atoms. The molecule has 2 heterocycles. The van der Waals surface area contributed by atoms with Crippen LogP contribution in [0.1, 0.15) is 32.0 Å². The lowest BCUT2D eigenvalue weighted by molar-refractivity contribution is -0.143. The molecule has 1 aromatic rings. The number of carbonyl (C=O) groups is 2. The summed E-state index contributed by atoms with van der Waals surface area (Å²) in [5, 5.41) is 12.1. The molecule has 3 atom stereocenters. The highest BCUT2D eigenvalue weighted by atomic mass is 79.9. The summed E-state index contributed by atoms with van der Waals surface area (Å²) in [5.74, 6) is -1.15. The molecule has 3 unspecified atom stereocenters. The van der Waals surface area contributed by atoms with Crippen molar-refractivity contribution in [1.29, 1.82) is 0 Å². The number of amides is 2. The number of nitrogens with zero attached hydrogens (tertiary/aromatic N) is 2. The van der Waals surface area contributed by atoms with Gasteiger partial charge in [0.1, 0.15) is 0 Å². The summed E-state index contributed by atoms with van der Waals surface area (Å²) in [6.07, 6.45) is 2.30. The van der Waals surface area contributed by atoms with Crippen LogP contribution in [0.15, 0.2) is 22.8 Å². The van der Waals surface area contributed by atoms with Crippen LogP contribution in [0.5, 0.6) is 0 Å². The van der Waals surface area contributed by atoms with Crippen molar-refractivity contribution in [3.63, 3.8) is 0 Å². The Bertz CT molecular complexity index is 549. The van der Waals surface area contributed by atoms with Gasteiger partial charge < -0.3 is 15.3 Å². The van der Waals surface area contributed by atoms with Gasteiger partial charge in [-0.25, -0.2) is 4.79 Å². The second kappa shape index (κ2) is 7.09. The number of aliphatic carboxylic acids is 1. The predicted octanol–water partition coefficient (Wildman–Crippen LogP) is 2.66. The molecule has 0 aromatic carbocycles. The second-order valence-electron chi connectivity index (χ2n) is 5.85. The summed E-state index contributed by atoms with van der Waals surface area (Å²) in [7, 11) is 0. The third-order valence-corrected chi connectivity index (χ3v) is 4.30. The van der Waals surface area contributed by atoms with Crippen molar-refractivity contribution < 1.29 is 14.7 Å². The molecule has 2 amide bonds. The van der Waals surface area contributed by atoms with E-state index in [1.807, 2.05) is 26.0 Å². The lowest BCUT2D eigenvalue weighted by Gasteiger charge is -2.35. The molecule has 0 spiro atoms. The van der Waals surface area contributed by atoms with Gasteiger partial charge >= 0.3 is 12.0 Å². The Morgan fingerprint density at radius 2 is 2.18 bits per heavy atom. The lowest BCUT2D eigenvalue weighted by atomic mass is 9.91. The predicted molar refractivity (Wildman–Crippen MR) is 85.4 cm³/mol. The highest BCUT2D eigenvalue weighted by Crippen LogP contribution is 2.22. The van der Waals surface area contributed by atoms with Crippen molar-refractivity contribution in [3.8, 4) is 0 Å². The van der Waals surface area contributed by atoms with E-state index in [9.17, 15) is 9.59 Å². The number of carbonyl (C=O) groups excluding carboxylic acids is 1. The molecule has 0 aliphatic carbocycles. The monoisotopic (exact) mass is 369 g/mol. The Kier molecular flexibility index (Phi) is 5.39. The van der Waals surface area contributed by atoms with E-state index in [1.165, 1.54) is 0 Å². The quantitative estimate of drug-likeness (QED) is 0.857. The molecular weight excluding hydrogens is 350 g/mol. The van der Waals surface area contributed by atoms with Crippen LogP contribution < -0.4 is 5.32 Å². The number of halogens is 1. The lowest BCUT2D eigenvalue weighted by Crippen LogP contribution is -2.49. The number of urea groups is 1. The van der Waals surface area contributed by atoms with Crippen molar-refractivity contribution in [1.82, 2.24) is 15.2 Å². The number of nitrogens with one attached hydrogen (secondary N) is 1. The van der Waals surface area contributed by atoms with Crippen LogP contribution in [0.25, 0.3) is 0 Å². The number of carboxylic acid groups (broad SMARTS) is 1. The molecule has 1 saturated heterocycles. The minimum absolute atomic E-state index is 0.182. The number of likely N-dealkylation sites (tertiary alicyclic amines) is 1. The molecule has 1 fully saturated rings. The fraction of sp³-hybridized carbons (Fsp3) is 0.533. The number of rotatable bonds is 3. The first kappa shape index (κ1) is 16.7. The maximum Gasteiger partial charge on any atom is 0.317 e. The smallest absolute Gasteiger partial charge is 0.317 e. The van der Waals surface area contributed by atoms with Crippen molar-refractivity contribution in [3.05, 3.63) is 28.5 Å². The van der Waals surface area contributed by atoms with Crippen LogP contribution in [0.3, 0.4) is 0 Å². The molecule has 1 aromatic heterocycles. The van der Waals surface area contributed by atoms with E-state index in [0.717, 1.165) is 10.2 Å². The largest absolute Gasteiger partial charge is 0.481 e. The zero-order valence-corrected chi connectivity index (χ0v) is 14.2. The summed E-state index contributed by atoms with van der Waals surface area (Å²) >= 11 is 3.32. The van der Waals surface area contributed by atoms with Crippen LogP contribution >= 0.6 is 15.9 Å². The topological polar surface area (TPSA) is 82.5 Å². The number of pyridine rings is 1. The maximum absolute atomic E-state index is 12.3. The highest BCUT2D eigenvalue weighted by Gasteiger charge is 2.32. The van der Waals surface area contributed by atoms with E-state index in [0.29, 0.717) is 13.0 Å². The van der Waals surface area contributed by atoms with E-state index < -0.39 is 11.9 Å². The van der Waals surface area contributed by atoms with Gasteiger partial charge in [0.15, 0.2) is 0 Å². The van der Waals surface area contributed by atoms with Crippen LogP contribution in [0.4, 0.5) is 4.79 Å². The molecule has 2 rings (SSSR count). The SMILES string of the molecule is CC1CC(C(=O)O)CN(C(=O)NC(C)c2ccc(Br)cn2)C1. The van der Waals surface area contributed by atoms with Crippen LogP contribution in [-0.4, -0.2) is 40.1 Å². The van der Waals surface area contributed by atoms with E-state index >= 15 is 0 Å². The Morgan fingerprint density at radius 3 is 2.77 bits per heavy atom. The van der Waals surface area contributed by atoms with Gasteiger partial charge in [0.25, 0.3) is 0 Å². The van der Waals surface area contributed by atoms with Gasteiger partial charge in [-0.15, -0.1) is 0 Å². The average molecular weight is 370 g/mol. The number of piperidine rings is 1. The Balaban J connectivity index is 1.98. The summed E-state index contributed by atoms with van der Waals surface area (Å²) in [4.78, 5) is 29.4. The van der Waals surface area contributed by atoms with E-state index in [2.05, 4.69) is 26.2 Å². The van der Waals surface area contributed by atoms with Gasteiger partial charge in [-0.2, -0.15) is 0 Å². The first-order chi connectivity index (χ1) is 10.4. The molecule has 0 saturated carbocycles. The van der Waals surface area contributed by atoms with Gasteiger partial charge in [0.05, 0.1) is 17.7 Å². The van der Waals surface area contributed by atoms with Gasteiger partial charge in [-0.3, -0.25) is 9.78 Å². The summed E-state index contributed by atoms with van der Waals surface area (Å²) in [6.45, 7) is 4.66. The zero-order chi connectivity index (χ0) is 16.3. The molecule has 0 radical (unpaired) electrons. The van der Waals surface area contributed by atoms with Crippen molar-refractivity contribution in [2.45, 2.75) is 26.3 Å². The first-order valence-corrected chi connectivity index (χ1v) is 8.05. The van der Waals surface area contributed by atoms with Crippen LogP contribution in [0, 0.1) is 11.8 Å². The number of hydrogen-bond donors (Lipinski definition) is 2. The first-order valence-electron chi connectivity index (χ1n) is 7.26. The molecular formula is C15H20BrN3O3. The zero-order valence-electron chi connectivity index (χ0n) is 12.6. The van der Waals surface area contributed by atoms with Gasteiger partial charge in [-0.1, -0.05) is 6.92 Å². The molecule has 6 nitrogen and oxygen atoms in total. The third kappa shape index (κ3) is 4.19. The van der Waals surface area contributed by atoms with E-state index in [4.69, 9.17) is 5.11 Å². The van der Waals surface area contributed by atoms with Crippen molar-refractivity contribution in [2.24, 2.45) is 11.8 Å². The molecule has 1 aliphatic rings. The van der Waals surface area contributed by atoms with Crippen molar-refractivity contribution >= 4 is 27.9 Å². The molecule has 7 heteroatoms. The summed E-state index contributed by atoms with van der Waals surface area (Å²) in [6, 6.07) is 3.23. The fourth-order valence-corrected chi connectivity index (χ4v) is 2.92. The molecule has 1 aliphatic heterocycles. The summed E-state index contributed by atoms with van der Waals surface area (Å²) < 4.78 is 0.879. The third-order valence-electron chi connectivity index (χ3n) is 3.83. The van der Waals surface area contributed by atoms with Crippen LogP contribution in [-0.2, 0) is 4.79 Å². The molecule has 120 valence electrons. The Morgan fingerprint density at radius 1 is 1.45 bits per heavy atom. The van der Waals surface area contributed by atoms with Gasteiger partial charge in [0.2, 0.25) is 0 Å². The van der Waals surface area contributed by atoms with Crippen LogP contribution in [0.2, 0.25) is 0 Å². The van der Waals surface area contributed by atoms with Crippen molar-refractivity contribution in [2.75, 3.05) is 13.1 Å². The van der Waals surface area contributed by atoms with E-state index in [-0.39, 0.29) is 24.5 Å². The minimum Gasteiger partial charge on any atom is -0.481 e. The number of carboxylic acids is 1. The number of hydrogen-bond acceptors (Lipinski definition) is 3. The fourth-order valence-electron chi connectivity index (χ4n) is 2.69. The number of aromatic nitrogens is 1. The Hall–Kier alpha value is -1.63. The Labute approximate surface area is 138 Å². The maximum atomic E-state index is 12.3. The average Bonchev–Trinajstić information content (AvgIpc) is 2.47.